The van der Waals surface area contributed by atoms with Gasteiger partial charge in [0.05, 0.1) is 25.4 Å². The summed E-state index contributed by atoms with van der Waals surface area (Å²) in [5, 5.41) is 17.6. The second-order valence-corrected chi connectivity index (χ2v) is 6.57. The van der Waals surface area contributed by atoms with Crippen LogP contribution in [0.2, 0.25) is 0 Å². The third kappa shape index (κ3) is 5.05. The van der Waals surface area contributed by atoms with E-state index >= 15 is 0 Å². The highest BCUT2D eigenvalue weighted by Crippen LogP contribution is 2.30. The molecular weight excluding hydrogens is 384 g/mol. The Hall–Kier alpha value is -3.62. The number of hydrogen-bond donors (Lipinski definition) is 2. The number of nitrogens with zero attached hydrogens (tertiary/aromatic N) is 4. The maximum Gasteiger partial charge on any atom is 0.243 e. The highest BCUT2D eigenvalue weighted by Gasteiger charge is 2.10. The summed E-state index contributed by atoms with van der Waals surface area (Å²) in [6, 6.07) is 11.1. The lowest BCUT2D eigenvalue weighted by Gasteiger charge is -2.14. The Bertz CT molecular complexity index is 1020. The minimum atomic E-state index is -0.178. The maximum atomic E-state index is 12.4. The van der Waals surface area contributed by atoms with Crippen molar-refractivity contribution in [3.8, 4) is 17.2 Å². The van der Waals surface area contributed by atoms with Crippen molar-refractivity contribution in [1.82, 2.24) is 20.2 Å². The number of aromatic nitrogens is 4. The van der Waals surface area contributed by atoms with E-state index in [4.69, 9.17) is 9.47 Å². The fourth-order valence-corrected chi connectivity index (χ4v) is 2.92. The summed E-state index contributed by atoms with van der Waals surface area (Å²) in [7, 11) is 0. The Labute approximate surface area is 175 Å². The Morgan fingerprint density at radius 2 is 1.73 bits per heavy atom. The molecule has 0 spiro atoms. The molecule has 3 aromatic rings. The molecule has 0 fully saturated rings. The molecule has 0 aliphatic heterocycles. The van der Waals surface area contributed by atoms with Gasteiger partial charge in [0.15, 0.2) is 17.3 Å². The van der Waals surface area contributed by atoms with Crippen molar-refractivity contribution in [2.45, 2.75) is 27.7 Å². The van der Waals surface area contributed by atoms with Gasteiger partial charge >= 0.3 is 0 Å². The van der Waals surface area contributed by atoms with Gasteiger partial charge in [0.1, 0.15) is 0 Å². The molecular formula is C21H26N6O3. The number of tetrazole rings is 1. The number of amides is 1. The van der Waals surface area contributed by atoms with Gasteiger partial charge in [0.25, 0.3) is 0 Å². The van der Waals surface area contributed by atoms with Crippen LogP contribution in [-0.4, -0.2) is 45.9 Å². The Kier molecular flexibility index (Phi) is 6.84. The molecule has 1 amide bonds. The summed E-state index contributed by atoms with van der Waals surface area (Å²) in [6.45, 7) is 8.78. The molecule has 0 saturated heterocycles. The van der Waals surface area contributed by atoms with E-state index in [1.807, 2.05) is 45.9 Å². The molecule has 30 heavy (non-hydrogen) atoms. The van der Waals surface area contributed by atoms with E-state index in [0.717, 1.165) is 16.9 Å². The van der Waals surface area contributed by atoms with Crippen molar-refractivity contribution in [3.05, 3.63) is 47.8 Å². The van der Waals surface area contributed by atoms with Crippen LogP contribution in [0.4, 0.5) is 11.4 Å². The molecule has 0 saturated carbocycles. The Morgan fingerprint density at radius 3 is 2.43 bits per heavy atom. The van der Waals surface area contributed by atoms with Gasteiger partial charge in [-0.25, -0.2) is 0 Å². The predicted octanol–water partition coefficient (Wildman–Crippen LogP) is 3.13. The number of benzene rings is 2. The molecule has 0 aliphatic rings. The number of rotatable bonds is 9. The van der Waals surface area contributed by atoms with Gasteiger partial charge in [-0.1, -0.05) is 6.07 Å². The molecule has 0 radical (unpaired) electrons. The van der Waals surface area contributed by atoms with E-state index in [1.165, 1.54) is 0 Å². The van der Waals surface area contributed by atoms with E-state index in [2.05, 4.69) is 26.2 Å². The van der Waals surface area contributed by atoms with E-state index < -0.39 is 0 Å². The standard InChI is InChI=1S/C21H26N6O3/c1-5-29-19-10-9-17(12-20(19)30-6-2)23-21(28)13-22-16-8-7-14(3)18(11-16)27-15(4)24-25-26-27/h7-12,22H,5-6,13H2,1-4H3,(H,23,28). The average molecular weight is 410 g/mol. The van der Waals surface area contributed by atoms with Crippen molar-refractivity contribution >= 4 is 17.3 Å². The van der Waals surface area contributed by atoms with Crippen molar-refractivity contribution in [2.24, 2.45) is 0 Å². The number of hydrogen-bond acceptors (Lipinski definition) is 7. The SMILES string of the molecule is CCOc1ccc(NC(=O)CNc2ccc(C)c(-n3nnnc3C)c2)cc1OCC. The number of carbonyl (C=O) groups is 1. The molecule has 0 atom stereocenters. The molecule has 2 aromatic carbocycles. The van der Waals surface area contributed by atoms with E-state index in [0.29, 0.717) is 36.2 Å². The highest BCUT2D eigenvalue weighted by atomic mass is 16.5. The summed E-state index contributed by atoms with van der Waals surface area (Å²) in [5.41, 5.74) is 3.32. The Balaban J connectivity index is 1.65. The molecule has 1 aromatic heterocycles. The van der Waals surface area contributed by atoms with Crippen molar-refractivity contribution in [2.75, 3.05) is 30.4 Å². The van der Waals surface area contributed by atoms with Crippen LogP contribution in [0.15, 0.2) is 36.4 Å². The first-order valence-corrected chi connectivity index (χ1v) is 9.81. The second kappa shape index (κ2) is 9.73. The maximum absolute atomic E-state index is 12.4. The lowest BCUT2D eigenvalue weighted by molar-refractivity contribution is -0.114. The molecule has 9 heteroatoms. The summed E-state index contributed by atoms with van der Waals surface area (Å²) < 4.78 is 12.8. The highest BCUT2D eigenvalue weighted by molar-refractivity contribution is 5.94. The zero-order valence-corrected chi connectivity index (χ0v) is 17.6. The van der Waals surface area contributed by atoms with Gasteiger partial charge < -0.3 is 20.1 Å². The van der Waals surface area contributed by atoms with Gasteiger partial charge in [0, 0.05) is 17.4 Å². The van der Waals surface area contributed by atoms with Crippen LogP contribution in [0.3, 0.4) is 0 Å². The normalized spacial score (nSPS) is 10.5. The minimum Gasteiger partial charge on any atom is -0.490 e. The summed E-state index contributed by atoms with van der Waals surface area (Å²) >= 11 is 0. The fourth-order valence-electron chi connectivity index (χ4n) is 2.92. The number of nitrogens with one attached hydrogen (secondary N) is 2. The molecule has 0 unspecified atom stereocenters. The van der Waals surface area contributed by atoms with Gasteiger partial charge in [-0.05, 0) is 68.0 Å². The van der Waals surface area contributed by atoms with Crippen LogP contribution in [0.25, 0.3) is 5.69 Å². The van der Waals surface area contributed by atoms with Crippen molar-refractivity contribution < 1.29 is 14.3 Å². The predicted molar refractivity (Wildman–Crippen MR) is 115 cm³/mol. The van der Waals surface area contributed by atoms with Crippen molar-refractivity contribution in [3.63, 3.8) is 0 Å². The van der Waals surface area contributed by atoms with Gasteiger partial charge in [-0.3, -0.25) is 4.79 Å². The molecule has 0 bridgehead atoms. The van der Waals surface area contributed by atoms with E-state index in [1.54, 1.807) is 22.9 Å². The molecule has 158 valence electrons. The summed E-state index contributed by atoms with van der Waals surface area (Å²) in [5.74, 6) is 1.77. The first-order chi connectivity index (χ1) is 14.5. The Morgan fingerprint density at radius 1 is 1.00 bits per heavy atom. The van der Waals surface area contributed by atoms with Crippen LogP contribution < -0.4 is 20.1 Å². The zero-order chi connectivity index (χ0) is 21.5. The molecule has 2 N–H and O–H groups in total. The average Bonchev–Trinajstić information content (AvgIpc) is 3.15. The topological polar surface area (TPSA) is 103 Å². The van der Waals surface area contributed by atoms with Crippen LogP contribution >= 0.6 is 0 Å². The smallest absolute Gasteiger partial charge is 0.243 e. The van der Waals surface area contributed by atoms with E-state index in [-0.39, 0.29) is 12.5 Å². The quantitative estimate of drug-likeness (QED) is 0.559. The first kappa shape index (κ1) is 21.1. The van der Waals surface area contributed by atoms with Gasteiger partial charge in [-0.2, -0.15) is 4.68 Å². The van der Waals surface area contributed by atoms with Crippen LogP contribution in [0.5, 0.6) is 11.5 Å². The lowest BCUT2D eigenvalue weighted by Crippen LogP contribution is -2.22. The molecule has 3 rings (SSSR count). The van der Waals surface area contributed by atoms with Crippen LogP contribution in [0, 0.1) is 13.8 Å². The summed E-state index contributed by atoms with van der Waals surface area (Å²) in [4.78, 5) is 12.4. The molecule has 1 heterocycles. The first-order valence-electron chi connectivity index (χ1n) is 9.81. The van der Waals surface area contributed by atoms with Crippen molar-refractivity contribution in [1.29, 1.82) is 0 Å². The second-order valence-electron chi connectivity index (χ2n) is 6.57. The number of ether oxygens (including phenoxy) is 2. The largest absolute Gasteiger partial charge is 0.490 e. The number of carbonyl (C=O) groups excluding carboxylic acids is 1. The lowest BCUT2D eigenvalue weighted by atomic mass is 10.2. The third-order valence-corrected chi connectivity index (χ3v) is 4.34. The molecule has 0 aliphatic carbocycles. The minimum absolute atomic E-state index is 0.105. The summed E-state index contributed by atoms with van der Waals surface area (Å²) in [6.07, 6.45) is 0. The fraction of sp³-hybridized carbons (Fsp3) is 0.333. The van der Waals surface area contributed by atoms with Gasteiger partial charge in [0.2, 0.25) is 5.91 Å². The van der Waals surface area contributed by atoms with E-state index in [9.17, 15) is 4.79 Å². The monoisotopic (exact) mass is 410 g/mol. The number of anilines is 2. The zero-order valence-electron chi connectivity index (χ0n) is 17.6. The molecule has 9 nitrogen and oxygen atoms in total. The van der Waals surface area contributed by atoms with Crippen LogP contribution in [-0.2, 0) is 4.79 Å². The third-order valence-electron chi connectivity index (χ3n) is 4.34. The number of aryl methyl sites for hydroxylation is 2. The van der Waals surface area contributed by atoms with Crippen LogP contribution in [0.1, 0.15) is 25.2 Å². The van der Waals surface area contributed by atoms with Gasteiger partial charge in [-0.15, -0.1) is 5.10 Å².